The van der Waals surface area contributed by atoms with Crippen molar-refractivity contribution in [1.82, 2.24) is 0 Å². The van der Waals surface area contributed by atoms with Crippen LogP contribution in [-0.4, -0.2) is 56.6 Å². The number of rotatable bonds is 15. The monoisotopic (exact) mass is 428 g/mol. The third-order valence-corrected chi connectivity index (χ3v) is 3.65. The number of aliphatic carboxylic acids is 1. The van der Waals surface area contributed by atoms with Gasteiger partial charge in [-0.2, -0.15) is 0 Å². The molecule has 0 aromatic carbocycles. The molecule has 0 saturated heterocycles. The van der Waals surface area contributed by atoms with Crippen molar-refractivity contribution >= 4 is 51.5 Å². The molecule has 0 atom stereocenters. The molecule has 130 valence electrons. The van der Waals surface area contributed by atoms with Crippen LogP contribution in [0.4, 0.5) is 0 Å². The SMILES string of the molecule is CCCCCCCC/C=C\CCCCCCCC(=O)O.[Fe].[H-].[H-].[Sr+2]. The van der Waals surface area contributed by atoms with Crippen LogP contribution in [0.25, 0.3) is 0 Å². The van der Waals surface area contributed by atoms with Crippen LogP contribution in [0.3, 0.4) is 0 Å². The van der Waals surface area contributed by atoms with E-state index in [0.29, 0.717) is 6.42 Å². The molecular weight excluding hydrogens is 392 g/mol. The zero-order chi connectivity index (χ0) is 14.9. The molecule has 2 nitrogen and oxygen atoms in total. The third-order valence-electron chi connectivity index (χ3n) is 3.65. The van der Waals surface area contributed by atoms with Gasteiger partial charge in [0.1, 0.15) is 0 Å². The summed E-state index contributed by atoms with van der Waals surface area (Å²) < 4.78 is 0. The van der Waals surface area contributed by atoms with Crippen LogP contribution in [0.5, 0.6) is 0 Å². The van der Waals surface area contributed by atoms with Gasteiger partial charge in [0.05, 0.1) is 0 Å². The summed E-state index contributed by atoms with van der Waals surface area (Å²) >= 11 is 0. The first-order valence-corrected chi connectivity index (χ1v) is 8.64. The van der Waals surface area contributed by atoms with Gasteiger partial charge in [-0.15, -0.1) is 0 Å². The van der Waals surface area contributed by atoms with Crippen molar-refractivity contribution in [3.05, 3.63) is 12.2 Å². The second-order valence-corrected chi connectivity index (χ2v) is 5.73. The van der Waals surface area contributed by atoms with Gasteiger partial charge in [0.25, 0.3) is 0 Å². The van der Waals surface area contributed by atoms with Gasteiger partial charge in [-0.05, 0) is 32.1 Å². The van der Waals surface area contributed by atoms with Gasteiger partial charge >= 0.3 is 51.5 Å². The largest absolute Gasteiger partial charge is 2.00 e. The second kappa shape index (κ2) is 24.5. The third kappa shape index (κ3) is 26.1. The molecule has 0 aliphatic heterocycles. The van der Waals surface area contributed by atoms with Crippen LogP contribution in [0.2, 0.25) is 0 Å². The van der Waals surface area contributed by atoms with Gasteiger partial charge in [0, 0.05) is 23.5 Å². The first kappa shape index (κ1) is 28.0. The number of carboxylic acids is 1. The van der Waals surface area contributed by atoms with Gasteiger partial charge in [-0.3, -0.25) is 4.79 Å². The standard InChI is InChI=1S/C18H34O2.Fe.Sr.2H/c1-2-3-4-5-6-7-8-9-10-11-12-13-14-15-16-17-18(19)20;;;;/h9-10H,2-8,11-17H2,1H3,(H,19,20);;;;/q;;+2;2*-1/b10-9-;;;;. The second-order valence-electron chi connectivity index (χ2n) is 5.73. The van der Waals surface area contributed by atoms with Crippen molar-refractivity contribution in [2.45, 2.75) is 96.8 Å². The van der Waals surface area contributed by atoms with Crippen molar-refractivity contribution in [3.63, 3.8) is 0 Å². The Balaban J connectivity index is -0.000000301. The Kier molecular flexibility index (Phi) is 31.2. The minimum absolute atomic E-state index is 0. The smallest absolute Gasteiger partial charge is 1.00 e. The predicted molar refractivity (Wildman–Crippen MR) is 95.1 cm³/mol. The van der Waals surface area contributed by atoms with Gasteiger partial charge < -0.3 is 7.96 Å². The van der Waals surface area contributed by atoms with E-state index in [0.717, 1.165) is 12.8 Å². The molecule has 0 aliphatic carbocycles. The number of allylic oxidation sites excluding steroid dienone is 2. The number of unbranched alkanes of at least 4 members (excludes halogenated alkanes) is 11. The fourth-order valence-corrected chi connectivity index (χ4v) is 2.35. The fourth-order valence-electron chi connectivity index (χ4n) is 2.35. The van der Waals surface area contributed by atoms with Gasteiger partial charge in [0.15, 0.2) is 0 Å². The number of carboxylic acid groups (broad SMARTS) is 1. The molecule has 0 bridgehead atoms. The van der Waals surface area contributed by atoms with Crippen molar-refractivity contribution in [3.8, 4) is 0 Å². The van der Waals surface area contributed by atoms with E-state index in [1.54, 1.807) is 0 Å². The fraction of sp³-hybridized carbons (Fsp3) is 0.833. The molecular formula is C18H36FeO2Sr. The Bertz CT molecular complexity index is 255. The first-order chi connectivity index (χ1) is 9.77. The molecule has 4 heteroatoms. The van der Waals surface area contributed by atoms with Crippen molar-refractivity contribution in [2.24, 2.45) is 0 Å². The van der Waals surface area contributed by atoms with E-state index >= 15 is 0 Å². The topological polar surface area (TPSA) is 37.3 Å². The normalized spacial score (nSPS) is 10.2. The number of hydrogen-bond donors (Lipinski definition) is 1. The molecule has 0 radical (unpaired) electrons. The Morgan fingerprint density at radius 2 is 1.23 bits per heavy atom. The van der Waals surface area contributed by atoms with Crippen molar-refractivity contribution in [2.75, 3.05) is 0 Å². The summed E-state index contributed by atoms with van der Waals surface area (Å²) in [6, 6.07) is 0. The van der Waals surface area contributed by atoms with Crippen LogP contribution < -0.4 is 0 Å². The van der Waals surface area contributed by atoms with E-state index in [4.69, 9.17) is 5.11 Å². The minimum Gasteiger partial charge on any atom is -1.00 e. The van der Waals surface area contributed by atoms with Crippen LogP contribution >= 0.6 is 0 Å². The zero-order valence-corrected chi connectivity index (χ0v) is 19.1. The minimum atomic E-state index is -0.664. The maximum atomic E-state index is 10.3. The molecule has 0 aromatic heterocycles. The van der Waals surface area contributed by atoms with Gasteiger partial charge in [-0.25, -0.2) is 0 Å². The van der Waals surface area contributed by atoms with Crippen LogP contribution in [-0.2, 0) is 21.9 Å². The van der Waals surface area contributed by atoms with E-state index in [1.165, 1.54) is 70.6 Å². The van der Waals surface area contributed by atoms with Crippen molar-refractivity contribution in [1.29, 1.82) is 0 Å². The van der Waals surface area contributed by atoms with Crippen LogP contribution in [0.1, 0.15) is 99.7 Å². The number of carbonyl (C=O) groups is 1. The van der Waals surface area contributed by atoms with Gasteiger partial charge in [-0.1, -0.05) is 70.4 Å². The molecule has 0 aliphatic rings. The van der Waals surface area contributed by atoms with E-state index in [9.17, 15) is 4.79 Å². The summed E-state index contributed by atoms with van der Waals surface area (Å²) in [7, 11) is 0. The molecule has 0 spiro atoms. The van der Waals surface area contributed by atoms with Crippen LogP contribution in [0, 0.1) is 0 Å². The summed E-state index contributed by atoms with van der Waals surface area (Å²) in [6.45, 7) is 2.26. The Hall–Kier alpha value is 1.21. The molecule has 0 saturated carbocycles. The quantitative estimate of drug-likeness (QED) is 0.199. The zero-order valence-electron chi connectivity index (χ0n) is 16.5. The summed E-state index contributed by atoms with van der Waals surface area (Å²) in [5.41, 5.74) is 0. The summed E-state index contributed by atoms with van der Waals surface area (Å²) in [4.78, 5) is 10.3. The summed E-state index contributed by atoms with van der Waals surface area (Å²) in [6.07, 6.45) is 21.2. The summed E-state index contributed by atoms with van der Waals surface area (Å²) in [5, 5.41) is 8.51. The molecule has 0 rings (SSSR count). The Labute approximate surface area is 188 Å². The molecule has 22 heavy (non-hydrogen) atoms. The van der Waals surface area contributed by atoms with Gasteiger partial charge in [0.2, 0.25) is 0 Å². The molecule has 0 heterocycles. The molecule has 1 N–H and O–H groups in total. The Morgan fingerprint density at radius 3 is 1.68 bits per heavy atom. The molecule has 0 fully saturated rings. The average molecular weight is 428 g/mol. The van der Waals surface area contributed by atoms with Crippen molar-refractivity contribution < 1.29 is 29.8 Å². The molecule has 0 unspecified atom stereocenters. The van der Waals surface area contributed by atoms with E-state index < -0.39 is 5.97 Å². The Morgan fingerprint density at radius 1 is 0.818 bits per heavy atom. The summed E-state index contributed by atoms with van der Waals surface area (Å²) in [5.74, 6) is -0.664. The first-order valence-electron chi connectivity index (χ1n) is 8.64. The molecule has 0 amide bonds. The predicted octanol–water partition coefficient (Wildman–Crippen LogP) is 5.95. The van der Waals surface area contributed by atoms with E-state index in [1.807, 2.05) is 0 Å². The maximum Gasteiger partial charge on any atom is 2.00 e. The van der Waals surface area contributed by atoms with E-state index in [-0.39, 0.29) is 65.4 Å². The number of hydrogen-bond acceptors (Lipinski definition) is 1. The van der Waals surface area contributed by atoms with Crippen LogP contribution in [0.15, 0.2) is 12.2 Å². The molecule has 0 aromatic rings. The average Bonchev–Trinajstić information content (AvgIpc) is 2.43. The van der Waals surface area contributed by atoms with E-state index in [2.05, 4.69) is 19.1 Å². The maximum absolute atomic E-state index is 10.3.